The van der Waals surface area contributed by atoms with Crippen LogP contribution in [0, 0.1) is 5.82 Å². The number of likely N-dealkylation sites (N-methyl/N-ethyl adjacent to an activating group) is 1. The lowest BCUT2D eigenvalue weighted by Gasteiger charge is -2.14. The van der Waals surface area contributed by atoms with Crippen LogP contribution in [0.2, 0.25) is 0 Å². The first kappa shape index (κ1) is 20.4. The van der Waals surface area contributed by atoms with Gasteiger partial charge >= 0.3 is 6.18 Å². The van der Waals surface area contributed by atoms with Gasteiger partial charge in [0, 0.05) is 11.4 Å². The first-order valence-electron chi connectivity index (χ1n) is 7.97. The van der Waals surface area contributed by atoms with E-state index in [2.05, 4.69) is 10.6 Å². The van der Waals surface area contributed by atoms with E-state index < -0.39 is 23.5 Å². The predicted octanol–water partition coefficient (Wildman–Crippen LogP) is 1.94. The van der Waals surface area contributed by atoms with Crippen molar-refractivity contribution in [1.82, 2.24) is 0 Å². The SMILES string of the molecule is C[NH+](CC(=O)Nc1ccc(F)cc1)CC(=O)Nc1ccc(C(F)(F)F)cc1. The molecule has 2 rings (SSSR count). The fourth-order valence-corrected chi connectivity index (χ4v) is 2.30. The Labute approximate surface area is 153 Å². The zero-order valence-corrected chi connectivity index (χ0v) is 14.4. The largest absolute Gasteiger partial charge is 0.416 e. The Balaban J connectivity index is 1.80. The number of nitrogens with one attached hydrogen (secondary N) is 3. The number of anilines is 2. The van der Waals surface area contributed by atoms with E-state index in [4.69, 9.17) is 0 Å². The summed E-state index contributed by atoms with van der Waals surface area (Å²) in [6.45, 7) is -0.0737. The summed E-state index contributed by atoms with van der Waals surface area (Å²) >= 11 is 0. The maximum absolute atomic E-state index is 12.8. The Kier molecular flexibility index (Phi) is 6.51. The minimum atomic E-state index is -4.44. The topological polar surface area (TPSA) is 62.6 Å². The molecule has 2 amide bonds. The Hall–Kier alpha value is -2.94. The van der Waals surface area contributed by atoms with Crippen molar-refractivity contribution in [3.63, 3.8) is 0 Å². The molecule has 0 saturated heterocycles. The highest BCUT2D eigenvalue weighted by Crippen LogP contribution is 2.29. The van der Waals surface area contributed by atoms with E-state index in [9.17, 15) is 27.2 Å². The number of carbonyl (C=O) groups is 2. The van der Waals surface area contributed by atoms with Gasteiger partial charge in [0.1, 0.15) is 5.82 Å². The fraction of sp³-hybridized carbons (Fsp3) is 0.222. The van der Waals surface area contributed by atoms with Crippen LogP contribution in [0.15, 0.2) is 48.5 Å². The van der Waals surface area contributed by atoms with Crippen LogP contribution in [0.5, 0.6) is 0 Å². The van der Waals surface area contributed by atoms with Gasteiger partial charge in [0.25, 0.3) is 11.8 Å². The van der Waals surface area contributed by atoms with Gasteiger partial charge in [-0.2, -0.15) is 13.2 Å². The lowest BCUT2D eigenvalue weighted by atomic mass is 10.2. The lowest BCUT2D eigenvalue weighted by Crippen LogP contribution is -3.11. The number of hydrogen-bond acceptors (Lipinski definition) is 2. The number of carbonyl (C=O) groups excluding carboxylic acids is 2. The van der Waals surface area contributed by atoms with Crippen molar-refractivity contribution in [2.75, 3.05) is 30.8 Å². The molecular weight excluding hydrogens is 366 g/mol. The van der Waals surface area contributed by atoms with E-state index in [1.807, 2.05) is 0 Å². The van der Waals surface area contributed by atoms with Crippen LogP contribution in [-0.2, 0) is 15.8 Å². The standard InChI is InChI=1S/C18H17F4N3O2/c1-25(11-17(27)24-15-8-4-13(19)5-9-15)10-16(26)23-14-6-2-12(3-7-14)18(20,21)22/h2-9H,10-11H2,1H3,(H,23,26)(H,24,27)/p+1. The quantitative estimate of drug-likeness (QED) is 0.667. The number of amides is 2. The lowest BCUT2D eigenvalue weighted by molar-refractivity contribution is -0.862. The molecule has 5 nitrogen and oxygen atoms in total. The van der Waals surface area contributed by atoms with E-state index in [0.717, 1.165) is 24.3 Å². The molecule has 0 spiro atoms. The summed E-state index contributed by atoms with van der Waals surface area (Å²) in [6, 6.07) is 9.34. The van der Waals surface area contributed by atoms with Crippen molar-refractivity contribution in [2.45, 2.75) is 6.18 Å². The van der Waals surface area contributed by atoms with Crippen LogP contribution in [-0.4, -0.2) is 32.0 Å². The molecule has 1 atom stereocenters. The maximum atomic E-state index is 12.8. The molecule has 0 aliphatic heterocycles. The number of quaternary nitrogens is 1. The first-order chi connectivity index (χ1) is 12.6. The number of benzene rings is 2. The molecule has 1 unspecified atom stereocenters. The average Bonchev–Trinajstić information content (AvgIpc) is 2.56. The van der Waals surface area contributed by atoms with Crippen molar-refractivity contribution in [1.29, 1.82) is 0 Å². The zero-order chi connectivity index (χ0) is 20.0. The molecule has 9 heteroatoms. The van der Waals surface area contributed by atoms with Crippen molar-refractivity contribution in [3.05, 3.63) is 59.9 Å². The Morgan fingerprint density at radius 1 is 0.852 bits per heavy atom. The second-order valence-corrected chi connectivity index (χ2v) is 5.99. The van der Waals surface area contributed by atoms with Crippen LogP contribution in [0.3, 0.4) is 0 Å². The van der Waals surface area contributed by atoms with Gasteiger partial charge < -0.3 is 15.5 Å². The molecule has 27 heavy (non-hydrogen) atoms. The fourth-order valence-electron chi connectivity index (χ4n) is 2.30. The molecule has 2 aromatic rings. The molecule has 0 radical (unpaired) electrons. The van der Waals surface area contributed by atoms with Crippen molar-refractivity contribution in [3.8, 4) is 0 Å². The van der Waals surface area contributed by atoms with E-state index in [-0.39, 0.29) is 24.7 Å². The third-order valence-corrected chi connectivity index (χ3v) is 3.55. The summed E-state index contributed by atoms with van der Waals surface area (Å²) < 4.78 is 50.3. The highest BCUT2D eigenvalue weighted by molar-refractivity contribution is 5.93. The summed E-state index contributed by atoms with van der Waals surface area (Å²) in [6.07, 6.45) is -4.44. The van der Waals surface area contributed by atoms with Gasteiger partial charge in [0.05, 0.1) is 12.6 Å². The van der Waals surface area contributed by atoms with Crippen molar-refractivity contribution in [2.24, 2.45) is 0 Å². The minimum Gasteiger partial charge on any atom is -0.322 e. The first-order valence-corrected chi connectivity index (χ1v) is 7.97. The minimum absolute atomic E-state index is 0.0161. The van der Waals surface area contributed by atoms with E-state index in [0.29, 0.717) is 10.6 Å². The van der Waals surface area contributed by atoms with Crippen LogP contribution in [0.25, 0.3) is 0 Å². The van der Waals surface area contributed by atoms with Gasteiger partial charge in [-0.05, 0) is 48.5 Å². The number of hydrogen-bond donors (Lipinski definition) is 3. The van der Waals surface area contributed by atoms with Gasteiger partial charge in [-0.3, -0.25) is 9.59 Å². The molecule has 2 aromatic carbocycles. The van der Waals surface area contributed by atoms with Crippen LogP contribution in [0.4, 0.5) is 28.9 Å². The Morgan fingerprint density at radius 2 is 1.26 bits per heavy atom. The zero-order valence-electron chi connectivity index (χ0n) is 14.4. The van der Waals surface area contributed by atoms with Crippen LogP contribution in [0.1, 0.15) is 5.56 Å². The second-order valence-electron chi connectivity index (χ2n) is 5.99. The van der Waals surface area contributed by atoms with Crippen molar-refractivity contribution < 1.29 is 32.1 Å². The molecule has 0 saturated carbocycles. The molecule has 0 bridgehead atoms. The van der Waals surface area contributed by atoms with Gasteiger partial charge in [-0.1, -0.05) is 0 Å². The van der Waals surface area contributed by atoms with Crippen molar-refractivity contribution >= 4 is 23.2 Å². The summed E-state index contributed by atoms with van der Waals surface area (Å²) in [7, 11) is 1.62. The second kappa shape index (κ2) is 8.63. The molecule has 0 fully saturated rings. The van der Waals surface area contributed by atoms with E-state index in [1.54, 1.807) is 7.05 Å². The van der Waals surface area contributed by atoms with Crippen LogP contribution >= 0.6 is 0 Å². The molecule has 3 N–H and O–H groups in total. The highest BCUT2D eigenvalue weighted by Gasteiger charge is 2.30. The molecule has 0 aliphatic rings. The monoisotopic (exact) mass is 384 g/mol. The molecule has 0 heterocycles. The van der Waals surface area contributed by atoms with Gasteiger partial charge in [-0.25, -0.2) is 4.39 Å². The highest BCUT2D eigenvalue weighted by atomic mass is 19.4. The predicted molar refractivity (Wildman–Crippen MR) is 91.7 cm³/mol. The number of rotatable bonds is 6. The summed E-state index contributed by atoms with van der Waals surface area (Å²) in [4.78, 5) is 24.4. The normalized spacial score (nSPS) is 12.3. The third kappa shape index (κ3) is 6.70. The summed E-state index contributed by atoms with van der Waals surface area (Å²) in [5.41, 5.74) is -0.138. The Bertz CT molecular complexity index is 790. The molecule has 144 valence electrons. The smallest absolute Gasteiger partial charge is 0.322 e. The molecule has 0 aromatic heterocycles. The number of alkyl halides is 3. The summed E-state index contributed by atoms with van der Waals surface area (Å²) in [5.74, 6) is -1.22. The van der Waals surface area contributed by atoms with E-state index >= 15 is 0 Å². The molecular formula is C18H18F4N3O2+. The van der Waals surface area contributed by atoms with Gasteiger partial charge in [-0.15, -0.1) is 0 Å². The summed E-state index contributed by atoms with van der Waals surface area (Å²) in [5, 5.41) is 5.06. The Morgan fingerprint density at radius 3 is 1.67 bits per heavy atom. The maximum Gasteiger partial charge on any atom is 0.416 e. The van der Waals surface area contributed by atoms with Crippen LogP contribution < -0.4 is 15.5 Å². The average molecular weight is 384 g/mol. The van der Waals surface area contributed by atoms with Gasteiger partial charge in [0.15, 0.2) is 13.1 Å². The van der Waals surface area contributed by atoms with Gasteiger partial charge in [0.2, 0.25) is 0 Å². The number of halogens is 4. The molecule has 0 aliphatic carbocycles. The third-order valence-electron chi connectivity index (χ3n) is 3.55. The van der Waals surface area contributed by atoms with E-state index in [1.165, 1.54) is 24.3 Å².